The van der Waals surface area contributed by atoms with E-state index in [0.717, 1.165) is 15.5 Å². The third-order valence-corrected chi connectivity index (χ3v) is 7.10. The third kappa shape index (κ3) is 4.38. The summed E-state index contributed by atoms with van der Waals surface area (Å²) < 4.78 is 13.2. The van der Waals surface area contributed by atoms with Gasteiger partial charge in [-0.25, -0.2) is 19.9 Å². The molecule has 0 aliphatic carbocycles. The first kappa shape index (κ1) is 22.4. The minimum absolute atomic E-state index is 0.0325. The largest absolute Gasteiger partial charge is 0.454 e. The van der Waals surface area contributed by atoms with Gasteiger partial charge in [0.2, 0.25) is 12.7 Å². The molecule has 34 heavy (non-hydrogen) atoms. The number of amides is 1. The second kappa shape index (κ2) is 9.47. The van der Waals surface area contributed by atoms with E-state index in [1.54, 1.807) is 17.5 Å². The average molecular weight is 498 g/mol. The Hall–Kier alpha value is -3.38. The van der Waals surface area contributed by atoms with Crippen molar-refractivity contribution in [3.8, 4) is 22.1 Å². The second-order valence-electron chi connectivity index (χ2n) is 7.92. The molecule has 0 radical (unpaired) electrons. The van der Waals surface area contributed by atoms with Gasteiger partial charge in [-0.2, -0.15) is 0 Å². The van der Waals surface area contributed by atoms with Crippen molar-refractivity contribution < 1.29 is 14.3 Å². The maximum absolute atomic E-state index is 11.9. The van der Waals surface area contributed by atoms with Crippen LogP contribution in [0.15, 0.2) is 40.1 Å². The Labute approximate surface area is 203 Å². The zero-order valence-electron chi connectivity index (χ0n) is 18.6. The first-order valence-corrected chi connectivity index (χ1v) is 12.5. The van der Waals surface area contributed by atoms with Gasteiger partial charge in [-0.15, -0.1) is 11.3 Å². The molecule has 0 fully saturated rings. The molecule has 0 saturated heterocycles. The van der Waals surface area contributed by atoms with Crippen molar-refractivity contribution >= 4 is 46.0 Å². The number of thiazole rings is 1. The maximum Gasteiger partial charge on any atom is 0.231 e. The number of aryl methyl sites for hydroxylation is 1. The average Bonchev–Trinajstić information content (AvgIpc) is 3.57. The molecule has 0 atom stereocenters. The highest BCUT2D eigenvalue weighted by atomic mass is 32.2. The Morgan fingerprint density at radius 1 is 1.26 bits per heavy atom. The number of nitrogens with two attached hydrogens (primary N) is 1. The smallest absolute Gasteiger partial charge is 0.231 e. The van der Waals surface area contributed by atoms with Crippen molar-refractivity contribution in [2.45, 2.75) is 36.9 Å². The molecule has 3 N–H and O–H groups in total. The molecule has 10 nitrogen and oxygen atoms in total. The van der Waals surface area contributed by atoms with Crippen LogP contribution in [-0.4, -0.2) is 43.7 Å². The molecular formula is C22H23N7O3S2. The van der Waals surface area contributed by atoms with Crippen LogP contribution >= 0.6 is 23.1 Å². The molecule has 5 rings (SSSR count). The first-order chi connectivity index (χ1) is 16.5. The Bertz CT molecular complexity index is 1340. The predicted molar refractivity (Wildman–Crippen MR) is 130 cm³/mol. The Morgan fingerprint density at radius 3 is 2.85 bits per heavy atom. The van der Waals surface area contributed by atoms with Gasteiger partial charge in [0.1, 0.15) is 11.3 Å². The van der Waals surface area contributed by atoms with Gasteiger partial charge in [0.15, 0.2) is 33.6 Å². The van der Waals surface area contributed by atoms with E-state index in [9.17, 15) is 4.79 Å². The molecule has 3 aromatic heterocycles. The number of carbonyl (C=O) groups excluding carboxylic acids is 1. The molecule has 0 unspecified atom stereocenters. The fourth-order valence-electron chi connectivity index (χ4n) is 3.50. The molecule has 0 bridgehead atoms. The van der Waals surface area contributed by atoms with E-state index >= 15 is 0 Å². The van der Waals surface area contributed by atoms with E-state index in [0.29, 0.717) is 53.1 Å². The lowest BCUT2D eigenvalue weighted by Crippen LogP contribution is -2.29. The van der Waals surface area contributed by atoms with Crippen molar-refractivity contribution in [3.63, 3.8) is 0 Å². The number of benzene rings is 1. The summed E-state index contributed by atoms with van der Waals surface area (Å²) in [5.41, 5.74) is 8.24. The van der Waals surface area contributed by atoms with Gasteiger partial charge < -0.3 is 25.1 Å². The van der Waals surface area contributed by atoms with Crippen LogP contribution in [0.25, 0.3) is 21.7 Å². The molecule has 1 amide bonds. The monoisotopic (exact) mass is 497 g/mol. The molecule has 0 spiro atoms. The van der Waals surface area contributed by atoms with E-state index < -0.39 is 0 Å². The second-order valence-corrected chi connectivity index (χ2v) is 9.82. The van der Waals surface area contributed by atoms with E-state index in [-0.39, 0.29) is 18.6 Å². The number of aromatic nitrogens is 5. The molecule has 1 aromatic carbocycles. The summed E-state index contributed by atoms with van der Waals surface area (Å²) >= 11 is 3.03. The van der Waals surface area contributed by atoms with E-state index in [1.807, 2.05) is 35.9 Å². The maximum atomic E-state index is 11.9. The van der Waals surface area contributed by atoms with Gasteiger partial charge in [0.25, 0.3) is 0 Å². The number of hydrogen-bond acceptors (Lipinski definition) is 10. The summed E-state index contributed by atoms with van der Waals surface area (Å²) in [4.78, 5) is 30.6. The standard InChI is InChI=1S/C22H23N7O3S2/c1-12(2)20(30)24-4-3-6-29-19-17(18(23)26-10-27-19)28-22(29)34-16-9-15-14(31-11-32-15)8-13(16)21-25-5-7-33-21/h5,7-10,12H,3-4,6,11H2,1-2H3,(H,24,30)(H2,23,26,27). The first-order valence-electron chi connectivity index (χ1n) is 10.8. The molecule has 1 aliphatic heterocycles. The highest BCUT2D eigenvalue weighted by Gasteiger charge is 2.23. The molecular weight excluding hydrogens is 474 g/mol. The summed E-state index contributed by atoms with van der Waals surface area (Å²) in [6.07, 6.45) is 3.92. The van der Waals surface area contributed by atoms with Gasteiger partial charge in [0, 0.05) is 41.0 Å². The van der Waals surface area contributed by atoms with E-state index in [2.05, 4.69) is 20.3 Å². The number of fused-ring (bicyclic) bond motifs is 2. The number of nitrogens with zero attached hydrogens (tertiary/aromatic N) is 5. The fourth-order valence-corrected chi connectivity index (χ4v) is 5.28. The van der Waals surface area contributed by atoms with Crippen LogP contribution in [-0.2, 0) is 11.3 Å². The van der Waals surface area contributed by atoms with Crippen molar-refractivity contribution in [1.82, 2.24) is 29.8 Å². The summed E-state index contributed by atoms with van der Waals surface area (Å²) in [5, 5.41) is 6.48. The summed E-state index contributed by atoms with van der Waals surface area (Å²) in [6.45, 7) is 5.09. The van der Waals surface area contributed by atoms with Crippen LogP contribution in [0.2, 0.25) is 0 Å². The fraction of sp³-hybridized carbons (Fsp3) is 0.318. The normalized spacial score (nSPS) is 12.6. The third-order valence-electron chi connectivity index (χ3n) is 5.25. The molecule has 1 aliphatic rings. The number of ether oxygens (including phenoxy) is 2. The molecule has 4 aromatic rings. The minimum Gasteiger partial charge on any atom is -0.454 e. The predicted octanol–water partition coefficient (Wildman–Crippen LogP) is 3.57. The van der Waals surface area contributed by atoms with Crippen LogP contribution in [0, 0.1) is 5.92 Å². The van der Waals surface area contributed by atoms with Gasteiger partial charge >= 0.3 is 0 Å². The van der Waals surface area contributed by atoms with E-state index in [4.69, 9.17) is 20.2 Å². The number of rotatable bonds is 8. The minimum atomic E-state index is -0.0528. The van der Waals surface area contributed by atoms with Gasteiger partial charge in [0.05, 0.1) is 0 Å². The molecule has 4 heterocycles. The Morgan fingerprint density at radius 2 is 2.09 bits per heavy atom. The van der Waals surface area contributed by atoms with Gasteiger partial charge in [-0.1, -0.05) is 25.6 Å². The molecule has 12 heteroatoms. The quantitative estimate of drug-likeness (QED) is 0.351. The lowest BCUT2D eigenvalue weighted by Gasteiger charge is -2.12. The zero-order valence-corrected chi connectivity index (χ0v) is 20.3. The Balaban J connectivity index is 1.49. The highest BCUT2D eigenvalue weighted by Crippen LogP contribution is 2.45. The Kier molecular flexibility index (Phi) is 6.24. The van der Waals surface area contributed by atoms with Crippen molar-refractivity contribution in [1.29, 1.82) is 0 Å². The summed E-state index contributed by atoms with van der Waals surface area (Å²) in [6, 6.07) is 3.90. The number of anilines is 1. The summed E-state index contributed by atoms with van der Waals surface area (Å²) in [5.74, 6) is 1.68. The van der Waals surface area contributed by atoms with Crippen LogP contribution in [0.1, 0.15) is 20.3 Å². The van der Waals surface area contributed by atoms with Crippen molar-refractivity contribution in [3.05, 3.63) is 30.0 Å². The number of nitrogens with one attached hydrogen (secondary N) is 1. The number of hydrogen-bond donors (Lipinski definition) is 2. The summed E-state index contributed by atoms with van der Waals surface area (Å²) in [7, 11) is 0. The lowest BCUT2D eigenvalue weighted by atomic mass is 10.2. The number of nitrogen functional groups attached to an aromatic ring is 1. The molecule has 0 saturated carbocycles. The SMILES string of the molecule is CC(C)C(=O)NCCCn1c(Sc2cc3c(cc2-c2nccs2)OCO3)nc2c(N)ncnc21. The highest BCUT2D eigenvalue weighted by molar-refractivity contribution is 7.99. The van der Waals surface area contributed by atoms with Crippen LogP contribution in [0.4, 0.5) is 5.82 Å². The van der Waals surface area contributed by atoms with Crippen LogP contribution in [0.5, 0.6) is 11.5 Å². The van der Waals surface area contributed by atoms with Crippen molar-refractivity contribution in [2.24, 2.45) is 5.92 Å². The number of carbonyl (C=O) groups is 1. The zero-order chi connectivity index (χ0) is 23.7. The van der Waals surface area contributed by atoms with Crippen molar-refractivity contribution in [2.75, 3.05) is 19.1 Å². The van der Waals surface area contributed by atoms with Gasteiger partial charge in [-0.05, 0) is 18.6 Å². The number of imidazole rings is 1. The lowest BCUT2D eigenvalue weighted by molar-refractivity contribution is -0.123. The van der Waals surface area contributed by atoms with Crippen LogP contribution in [0.3, 0.4) is 0 Å². The molecule has 176 valence electrons. The topological polar surface area (TPSA) is 130 Å². The van der Waals surface area contributed by atoms with Crippen LogP contribution < -0.4 is 20.5 Å². The van der Waals surface area contributed by atoms with Gasteiger partial charge in [-0.3, -0.25) is 4.79 Å². The van der Waals surface area contributed by atoms with E-state index in [1.165, 1.54) is 18.1 Å².